The molecule has 0 aliphatic rings. The van der Waals surface area contributed by atoms with Crippen LogP contribution in [0.5, 0.6) is 5.75 Å². The zero-order valence-electron chi connectivity index (χ0n) is 11.0. The third kappa shape index (κ3) is 3.32. The van der Waals surface area contributed by atoms with Gasteiger partial charge >= 0.3 is 5.97 Å². The number of hydrogen-bond donors (Lipinski definition) is 1. The molecule has 6 nitrogen and oxygen atoms in total. The van der Waals surface area contributed by atoms with Crippen molar-refractivity contribution in [3.8, 4) is 5.75 Å². The number of rotatable bonds is 5. The van der Waals surface area contributed by atoms with E-state index in [1.807, 2.05) is 0 Å². The second-order valence-corrected chi connectivity index (χ2v) is 6.27. The maximum Gasteiger partial charge on any atom is 0.309 e. The number of hydrogen-bond acceptors (Lipinski definition) is 5. The molecule has 0 atom stereocenters. The Hall–Kier alpha value is -1.83. The van der Waals surface area contributed by atoms with E-state index >= 15 is 0 Å². The average Bonchev–Trinajstić information content (AvgIpc) is 2.94. The predicted molar refractivity (Wildman–Crippen MR) is 83.0 cm³/mol. The van der Waals surface area contributed by atoms with Crippen LogP contribution in [0.25, 0.3) is 4.96 Å². The number of carboxylic acid groups (broad SMARTS) is 1. The van der Waals surface area contributed by atoms with Crippen LogP contribution in [0.3, 0.4) is 0 Å². The molecule has 9 heteroatoms. The third-order valence-electron chi connectivity index (χ3n) is 2.71. The summed E-state index contributed by atoms with van der Waals surface area (Å²) in [6.07, 6.45) is 1.47. The Labute approximate surface area is 138 Å². The molecule has 0 radical (unpaired) electrons. The van der Waals surface area contributed by atoms with Gasteiger partial charge in [-0.1, -0.05) is 34.5 Å². The van der Waals surface area contributed by atoms with Gasteiger partial charge in [0.2, 0.25) is 4.96 Å². The highest BCUT2D eigenvalue weighted by molar-refractivity contribution is 7.16. The van der Waals surface area contributed by atoms with Gasteiger partial charge in [-0.15, -0.1) is 0 Å². The molecule has 0 fully saturated rings. The van der Waals surface area contributed by atoms with Gasteiger partial charge in [-0.3, -0.25) is 4.79 Å². The lowest BCUT2D eigenvalue weighted by Crippen LogP contribution is -2.00. The fraction of sp³-hybridized carbons (Fsp3) is 0.154. The van der Waals surface area contributed by atoms with Crippen LogP contribution in [-0.2, 0) is 17.8 Å². The Morgan fingerprint density at radius 1 is 1.41 bits per heavy atom. The molecule has 0 spiro atoms. The van der Waals surface area contributed by atoms with E-state index in [0.717, 1.165) is 0 Å². The van der Waals surface area contributed by atoms with Gasteiger partial charge in [0.15, 0.2) is 5.01 Å². The summed E-state index contributed by atoms with van der Waals surface area (Å²) in [6.45, 7) is 0.240. The summed E-state index contributed by atoms with van der Waals surface area (Å²) in [7, 11) is 0. The van der Waals surface area contributed by atoms with E-state index in [2.05, 4.69) is 10.1 Å². The molecule has 22 heavy (non-hydrogen) atoms. The first-order chi connectivity index (χ1) is 10.5. The van der Waals surface area contributed by atoms with Crippen molar-refractivity contribution >= 4 is 45.5 Å². The highest BCUT2D eigenvalue weighted by atomic mass is 35.5. The molecule has 1 N–H and O–H groups in total. The van der Waals surface area contributed by atoms with Crippen LogP contribution in [0.4, 0.5) is 0 Å². The van der Waals surface area contributed by atoms with Gasteiger partial charge in [-0.05, 0) is 18.2 Å². The number of ether oxygens (including phenoxy) is 1. The number of carboxylic acids is 1. The van der Waals surface area contributed by atoms with Crippen LogP contribution in [-0.4, -0.2) is 25.7 Å². The first-order valence-corrected chi connectivity index (χ1v) is 7.72. The zero-order chi connectivity index (χ0) is 15.7. The van der Waals surface area contributed by atoms with Crippen LogP contribution < -0.4 is 4.74 Å². The van der Waals surface area contributed by atoms with E-state index in [0.29, 0.717) is 31.5 Å². The topological polar surface area (TPSA) is 76.7 Å². The van der Waals surface area contributed by atoms with Crippen LogP contribution in [0.2, 0.25) is 10.0 Å². The second-order valence-electron chi connectivity index (χ2n) is 4.39. The third-order valence-corrected chi connectivity index (χ3v) is 4.14. The number of benzene rings is 1. The first kappa shape index (κ1) is 15.1. The molecular formula is C13H9Cl2N3O3S. The maximum absolute atomic E-state index is 10.6. The van der Waals surface area contributed by atoms with Gasteiger partial charge in [-0.2, -0.15) is 5.10 Å². The number of nitrogens with zero attached hydrogens (tertiary/aromatic N) is 3. The summed E-state index contributed by atoms with van der Waals surface area (Å²) in [6, 6.07) is 4.98. The molecule has 3 rings (SSSR count). The standard InChI is InChI=1S/C13H9Cl2N3O3S/c14-7-1-2-10(9(15)3-7)21-6-11-17-18-5-8(4-12(19)20)16-13(18)22-11/h1-3,5H,4,6H2,(H,19,20). The van der Waals surface area contributed by atoms with E-state index in [1.165, 1.54) is 11.3 Å². The molecule has 0 bridgehead atoms. The van der Waals surface area contributed by atoms with Gasteiger partial charge < -0.3 is 9.84 Å². The summed E-state index contributed by atoms with van der Waals surface area (Å²) in [5.74, 6) is -0.405. The maximum atomic E-state index is 10.6. The van der Waals surface area contributed by atoms with Gasteiger partial charge in [0.25, 0.3) is 0 Å². The molecule has 0 amide bonds. The second kappa shape index (κ2) is 6.12. The molecule has 0 saturated carbocycles. The predicted octanol–water partition coefficient (Wildman–Crippen LogP) is 3.30. The Kier molecular flexibility index (Phi) is 4.19. The van der Waals surface area contributed by atoms with Crippen LogP contribution in [0, 0.1) is 0 Å². The number of imidazole rings is 1. The summed E-state index contributed by atoms with van der Waals surface area (Å²) in [5, 5.41) is 14.7. The number of fused-ring (bicyclic) bond motifs is 1. The van der Waals surface area contributed by atoms with Crippen molar-refractivity contribution in [2.45, 2.75) is 13.0 Å². The van der Waals surface area contributed by atoms with Gasteiger partial charge in [-0.25, -0.2) is 9.50 Å². The van der Waals surface area contributed by atoms with Gasteiger partial charge in [0.05, 0.1) is 23.3 Å². The molecule has 0 saturated heterocycles. The minimum atomic E-state index is -0.924. The van der Waals surface area contributed by atoms with E-state index < -0.39 is 5.97 Å². The van der Waals surface area contributed by atoms with Crippen molar-refractivity contribution in [1.29, 1.82) is 0 Å². The van der Waals surface area contributed by atoms with Crippen LogP contribution >= 0.6 is 34.5 Å². The van der Waals surface area contributed by atoms with Crippen molar-refractivity contribution in [1.82, 2.24) is 14.6 Å². The van der Waals surface area contributed by atoms with E-state index in [1.54, 1.807) is 28.9 Å². The molecule has 1 aromatic carbocycles. The lowest BCUT2D eigenvalue weighted by atomic mass is 10.3. The van der Waals surface area contributed by atoms with Crippen molar-refractivity contribution in [3.63, 3.8) is 0 Å². The summed E-state index contributed by atoms with van der Waals surface area (Å²) < 4.78 is 7.14. The van der Waals surface area contributed by atoms with E-state index in [4.69, 9.17) is 33.0 Å². The largest absolute Gasteiger partial charge is 0.485 e. The monoisotopic (exact) mass is 357 g/mol. The van der Waals surface area contributed by atoms with E-state index in [9.17, 15) is 4.79 Å². The average molecular weight is 358 g/mol. The summed E-state index contributed by atoms with van der Waals surface area (Å²) >= 11 is 13.2. The highest BCUT2D eigenvalue weighted by Gasteiger charge is 2.11. The summed E-state index contributed by atoms with van der Waals surface area (Å²) in [5.41, 5.74) is 0.472. The summed E-state index contributed by atoms with van der Waals surface area (Å²) in [4.78, 5) is 15.5. The molecule has 3 aromatic rings. The van der Waals surface area contributed by atoms with Crippen molar-refractivity contribution in [3.05, 3.63) is 45.1 Å². The Balaban J connectivity index is 1.71. The van der Waals surface area contributed by atoms with Gasteiger partial charge in [0.1, 0.15) is 12.4 Å². The molecule has 2 heterocycles. The lowest BCUT2D eigenvalue weighted by Gasteiger charge is -2.05. The smallest absolute Gasteiger partial charge is 0.309 e. The minimum Gasteiger partial charge on any atom is -0.485 e. The van der Waals surface area contributed by atoms with Crippen LogP contribution in [0.1, 0.15) is 10.7 Å². The number of halogens is 2. The van der Waals surface area contributed by atoms with Crippen molar-refractivity contribution in [2.75, 3.05) is 0 Å². The molecule has 0 aliphatic carbocycles. The zero-order valence-corrected chi connectivity index (χ0v) is 13.3. The SMILES string of the molecule is O=C(O)Cc1cn2nc(COc3ccc(Cl)cc3Cl)sc2n1. The first-order valence-electron chi connectivity index (χ1n) is 6.15. The minimum absolute atomic E-state index is 0.123. The quantitative estimate of drug-likeness (QED) is 0.757. The Morgan fingerprint density at radius 3 is 2.91 bits per heavy atom. The molecule has 0 unspecified atom stereocenters. The molecule has 2 aromatic heterocycles. The number of carbonyl (C=O) groups is 1. The molecule has 0 aliphatic heterocycles. The number of aliphatic carboxylic acids is 1. The normalized spacial score (nSPS) is 11.0. The van der Waals surface area contributed by atoms with Crippen molar-refractivity contribution in [2.24, 2.45) is 0 Å². The van der Waals surface area contributed by atoms with E-state index in [-0.39, 0.29) is 13.0 Å². The van der Waals surface area contributed by atoms with Crippen molar-refractivity contribution < 1.29 is 14.6 Å². The fourth-order valence-corrected chi connectivity index (χ4v) is 3.09. The Bertz CT molecular complexity index is 815. The highest BCUT2D eigenvalue weighted by Crippen LogP contribution is 2.28. The van der Waals surface area contributed by atoms with Crippen LogP contribution in [0.15, 0.2) is 24.4 Å². The molecule has 114 valence electrons. The Morgan fingerprint density at radius 2 is 2.23 bits per heavy atom. The molecular weight excluding hydrogens is 349 g/mol. The number of aromatic nitrogens is 3. The lowest BCUT2D eigenvalue weighted by molar-refractivity contribution is -0.136. The fourth-order valence-electron chi connectivity index (χ4n) is 1.82. The van der Waals surface area contributed by atoms with Gasteiger partial charge in [0, 0.05) is 5.02 Å².